The Kier molecular flexibility index (Phi) is 5.29. The van der Waals surface area contributed by atoms with Gasteiger partial charge in [0.1, 0.15) is 5.54 Å². The minimum atomic E-state index is -0.424. The average molecular weight is 361 g/mol. The van der Waals surface area contributed by atoms with Crippen molar-refractivity contribution in [2.45, 2.75) is 63.7 Å². The Morgan fingerprint density at radius 1 is 1.12 bits per heavy atom. The van der Waals surface area contributed by atoms with Crippen molar-refractivity contribution in [3.8, 4) is 0 Å². The number of nitrogens with zero attached hydrogens (tertiary/aromatic N) is 4. The summed E-state index contributed by atoms with van der Waals surface area (Å²) in [6.45, 7) is 7.72. The Labute approximate surface area is 155 Å². The fourth-order valence-electron chi connectivity index (χ4n) is 4.85. The first-order chi connectivity index (χ1) is 12.7. The van der Waals surface area contributed by atoms with Gasteiger partial charge < -0.3 is 11.1 Å². The Balaban J connectivity index is 1.39. The van der Waals surface area contributed by atoms with E-state index in [-0.39, 0.29) is 5.91 Å². The van der Waals surface area contributed by atoms with E-state index in [9.17, 15) is 4.79 Å². The summed E-state index contributed by atoms with van der Waals surface area (Å²) in [7, 11) is 0. The van der Waals surface area contributed by atoms with Gasteiger partial charge in [-0.3, -0.25) is 19.3 Å². The van der Waals surface area contributed by atoms with Gasteiger partial charge in [0.2, 0.25) is 5.91 Å². The average Bonchev–Trinajstić information content (AvgIpc) is 2.91. The molecule has 2 fully saturated rings. The second kappa shape index (κ2) is 7.66. The normalized spacial score (nSPS) is 24.8. The van der Waals surface area contributed by atoms with Gasteiger partial charge in [-0.2, -0.15) is 5.10 Å². The van der Waals surface area contributed by atoms with Crippen LogP contribution in [0.5, 0.6) is 0 Å². The summed E-state index contributed by atoms with van der Waals surface area (Å²) >= 11 is 0. The maximum atomic E-state index is 12.3. The number of piperidine rings is 2. The molecule has 144 valence electrons. The van der Waals surface area contributed by atoms with Gasteiger partial charge in [-0.15, -0.1) is 0 Å². The van der Waals surface area contributed by atoms with E-state index in [1.807, 2.05) is 0 Å². The van der Waals surface area contributed by atoms with Gasteiger partial charge in [-0.1, -0.05) is 6.42 Å². The summed E-state index contributed by atoms with van der Waals surface area (Å²) in [6, 6.07) is 2.24. The molecule has 0 atom stereocenters. The lowest BCUT2D eigenvalue weighted by molar-refractivity contribution is -0.135. The van der Waals surface area contributed by atoms with Crippen molar-refractivity contribution in [2.75, 3.05) is 32.7 Å². The summed E-state index contributed by atoms with van der Waals surface area (Å²) in [4.78, 5) is 17.2. The molecule has 3 aliphatic heterocycles. The van der Waals surface area contributed by atoms with Crippen molar-refractivity contribution >= 4 is 5.91 Å². The molecule has 0 unspecified atom stereocenters. The van der Waals surface area contributed by atoms with Gasteiger partial charge >= 0.3 is 0 Å². The number of amides is 1. The third-order valence-electron chi connectivity index (χ3n) is 6.43. The van der Waals surface area contributed by atoms with Crippen LogP contribution in [0.2, 0.25) is 0 Å². The molecule has 4 heterocycles. The van der Waals surface area contributed by atoms with Gasteiger partial charge in [-0.25, -0.2) is 0 Å². The van der Waals surface area contributed by atoms with Crippen LogP contribution in [-0.2, 0) is 24.4 Å². The number of carbonyl (C=O) groups excluding carboxylic acids is 1. The fraction of sp³-hybridized carbons (Fsp3) is 0.789. The number of aryl methyl sites for hydroxylation is 1. The van der Waals surface area contributed by atoms with Gasteiger partial charge in [0.25, 0.3) is 0 Å². The molecule has 7 nitrogen and oxygen atoms in total. The van der Waals surface area contributed by atoms with E-state index in [4.69, 9.17) is 10.8 Å². The molecule has 0 bridgehead atoms. The summed E-state index contributed by atoms with van der Waals surface area (Å²) in [5.74, 6) is -0.126. The molecule has 4 rings (SSSR count). The number of hydrogen-bond acceptors (Lipinski definition) is 5. The van der Waals surface area contributed by atoms with Gasteiger partial charge in [0, 0.05) is 32.7 Å². The standard InChI is InChI=1S/C19H32N6O/c20-18(26)19(24-8-2-1-3-9-24)5-11-23(12-6-19)15-16-13-17-14-21-7-4-10-25(17)22-16/h13,21H,1-12,14-15H2,(H2,20,26). The van der Waals surface area contributed by atoms with E-state index < -0.39 is 5.54 Å². The zero-order valence-electron chi connectivity index (χ0n) is 15.8. The van der Waals surface area contributed by atoms with Gasteiger partial charge in [0.05, 0.1) is 11.4 Å². The molecule has 0 spiro atoms. The Morgan fingerprint density at radius 2 is 1.88 bits per heavy atom. The zero-order valence-corrected chi connectivity index (χ0v) is 15.8. The highest BCUT2D eigenvalue weighted by Crippen LogP contribution is 2.32. The summed E-state index contributed by atoms with van der Waals surface area (Å²) in [5.41, 5.74) is 7.90. The predicted molar refractivity (Wildman–Crippen MR) is 100 cm³/mol. The van der Waals surface area contributed by atoms with Crippen LogP contribution in [0.25, 0.3) is 0 Å². The zero-order chi connectivity index (χ0) is 18.0. The van der Waals surface area contributed by atoms with Crippen molar-refractivity contribution in [2.24, 2.45) is 5.73 Å². The molecule has 3 aliphatic rings. The van der Waals surface area contributed by atoms with Gasteiger partial charge in [0.15, 0.2) is 0 Å². The number of primary amides is 1. The summed E-state index contributed by atoms with van der Waals surface area (Å²) < 4.78 is 2.15. The number of nitrogens with one attached hydrogen (secondary N) is 1. The van der Waals surface area contributed by atoms with Crippen molar-refractivity contribution in [3.63, 3.8) is 0 Å². The Morgan fingerprint density at radius 3 is 2.62 bits per heavy atom. The third kappa shape index (κ3) is 3.52. The molecule has 0 aliphatic carbocycles. The van der Waals surface area contributed by atoms with E-state index in [1.165, 1.54) is 25.0 Å². The van der Waals surface area contributed by atoms with Crippen LogP contribution in [0.15, 0.2) is 6.07 Å². The monoisotopic (exact) mass is 360 g/mol. The van der Waals surface area contributed by atoms with Crippen molar-refractivity contribution in [1.82, 2.24) is 24.9 Å². The first-order valence-corrected chi connectivity index (χ1v) is 10.2. The molecule has 3 N–H and O–H groups in total. The first-order valence-electron chi connectivity index (χ1n) is 10.2. The second-order valence-corrected chi connectivity index (χ2v) is 8.10. The highest BCUT2D eigenvalue weighted by Gasteiger charge is 2.45. The minimum Gasteiger partial charge on any atom is -0.368 e. The van der Waals surface area contributed by atoms with E-state index in [0.29, 0.717) is 0 Å². The smallest absolute Gasteiger partial charge is 0.238 e. The van der Waals surface area contributed by atoms with E-state index >= 15 is 0 Å². The second-order valence-electron chi connectivity index (χ2n) is 8.10. The van der Waals surface area contributed by atoms with Crippen molar-refractivity contribution in [3.05, 3.63) is 17.5 Å². The molecular weight excluding hydrogens is 328 g/mol. The molecule has 0 aromatic carbocycles. The number of rotatable bonds is 4. The Hall–Kier alpha value is -1.44. The van der Waals surface area contributed by atoms with Crippen molar-refractivity contribution in [1.29, 1.82) is 0 Å². The fourth-order valence-corrected chi connectivity index (χ4v) is 4.85. The van der Waals surface area contributed by atoms with E-state index in [1.54, 1.807) is 0 Å². The number of likely N-dealkylation sites (tertiary alicyclic amines) is 2. The number of fused-ring (bicyclic) bond motifs is 1. The maximum Gasteiger partial charge on any atom is 0.238 e. The quantitative estimate of drug-likeness (QED) is 0.826. The SMILES string of the molecule is NC(=O)C1(N2CCCCC2)CCN(Cc2cc3n(n2)CCCNC3)CC1. The van der Waals surface area contributed by atoms with Crippen LogP contribution in [0, 0.1) is 0 Å². The van der Waals surface area contributed by atoms with Gasteiger partial charge in [-0.05, 0) is 57.8 Å². The number of aromatic nitrogens is 2. The van der Waals surface area contributed by atoms with E-state index in [0.717, 1.165) is 77.3 Å². The highest BCUT2D eigenvalue weighted by molar-refractivity contribution is 5.84. The third-order valence-corrected chi connectivity index (χ3v) is 6.43. The summed E-state index contributed by atoms with van der Waals surface area (Å²) in [6.07, 6.45) is 6.47. The predicted octanol–water partition coefficient (Wildman–Crippen LogP) is 0.682. The number of nitrogens with two attached hydrogens (primary N) is 1. The Bertz CT molecular complexity index is 604. The van der Waals surface area contributed by atoms with Crippen LogP contribution in [0.4, 0.5) is 0 Å². The van der Waals surface area contributed by atoms with Crippen LogP contribution < -0.4 is 11.1 Å². The molecule has 2 saturated heterocycles. The largest absolute Gasteiger partial charge is 0.368 e. The number of hydrogen-bond donors (Lipinski definition) is 2. The topological polar surface area (TPSA) is 79.4 Å². The van der Waals surface area contributed by atoms with Crippen LogP contribution >= 0.6 is 0 Å². The van der Waals surface area contributed by atoms with Crippen LogP contribution in [0.3, 0.4) is 0 Å². The molecule has 0 saturated carbocycles. The summed E-state index contributed by atoms with van der Waals surface area (Å²) in [5, 5.41) is 8.25. The maximum absolute atomic E-state index is 12.3. The molecule has 1 amide bonds. The lowest BCUT2D eigenvalue weighted by Crippen LogP contribution is -2.63. The molecule has 0 radical (unpaired) electrons. The first kappa shape index (κ1) is 17.9. The lowest BCUT2D eigenvalue weighted by Gasteiger charge is -2.48. The lowest BCUT2D eigenvalue weighted by atomic mass is 9.83. The number of carbonyl (C=O) groups is 1. The van der Waals surface area contributed by atoms with Crippen LogP contribution in [0.1, 0.15) is 49.9 Å². The van der Waals surface area contributed by atoms with E-state index in [2.05, 4.69) is 25.9 Å². The van der Waals surface area contributed by atoms with Crippen molar-refractivity contribution < 1.29 is 4.79 Å². The van der Waals surface area contributed by atoms with Crippen LogP contribution in [-0.4, -0.2) is 63.8 Å². The minimum absolute atomic E-state index is 0.126. The molecule has 1 aromatic rings. The highest BCUT2D eigenvalue weighted by atomic mass is 16.1. The molecule has 1 aromatic heterocycles. The molecular formula is C19H32N6O. The molecule has 7 heteroatoms. The molecule has 26 heavy (non-hydrogen) atoms.